The van der Waals surface area contributed by atoms with Gasteiger partial charge in [0.15, 0.2) is 0 Å². The largest absolute Gasteiger partial charge is 0.339 e. The Morgan fingerprint density at radius 2 is 2.50 bits per heavy atom. The standard InChI is InChI=1S/C12H17N3O/c1-15(9-10-5-2-3-7-13-10)12(16)11-6-4-8-14-11/h2-3,5,7,11,14H,4,6,8-9H2,1H3/t11-/m0/s1. The zero-order valence-electron chi connectivity index (χ0n) is 9.52. The molecule has 0 unspecified atom stereocenters. The van der Waals surface area contributed by atoms with Gasteiger partial charge in [0.1, 0.15) is 0 Å². The quantitative estimate of drug-likeness (QED) is 0.817. The average Bonchev–Trinajstić information content (AvgIpc) is 2.83. The van der Waals surface area contributed by atoms with Crippen molar-refractivity contribution in [3.63, 3.8) is 0 Å². The Morgan fingerprint density at radius 3 is 3.12 bits per heavy atom. The molecule has 0 aliphatic carbocycles. The van der Waals surface area contributed by atoms with E-state index in [1.807, 2.05) is 25.2 Å². The van der Waals surface area contributed by atoms with Crippen molar-refractivity contribution in [3.05, 3.63) is 30.1 Å². The Morgan fingerprint density at radius 1 is 1.62 bits per heavy atom. The van der Waals surface area contributed by atoms with Gasteiger partial charge in [-0.15, -0.1) is 0 Å². The molecular weight excluding hydrogens is 202 g/mol. The van der Waals surface area contributed by atoms with Gasteiger partial charge in [-0.1, -0.05) is 6.07 Å². The van der Waals surface area contributed by atoms with Crippen LogP contribution in [0.15, 0.2) is 24.4 Å². The van der Waals surface area contributed by atoms with Crippen molar-refractivity contribution in [2.24, 2.45) is 0 Å². The normalized spacial score (nSPS) is 19.7. The minimum absolute atomic E-state index is 0.00807. The maximum atomic E-state index is 12.0. The fraction of sp³-hybridized carbons (Fsp3) is 0.500. The van der Waals surface area contributed by atoms with Gasteiger partial charge >= 0.3 is 0 Å². The van der Waals surface area contributed by atoms with Crippen molar-refractivity contribution < 1.29 is 4.79 Å². The van der Waals surface area contributed by atoms with Crippen LogP contribution in [-0.2, 0) is 11.3 Å². The minimum atomic E-state index is 0.00807. The van der Waals surface area contributed by atoms with E-state index in [-0.39, 0.29) is 11.9 Å². The summed E-state index contributed by atoms with van der Waals surface area (Å²) in [5.41, 5.74) is 0.927. The molecule has 0 bridgehead atoms. The first-order chi connectivity index (χ1) is 7.77. The van der Waals surface area contributed by atoms with Crippen LogP contribution in [-0.4, -0.2) is 35.4 Å². The summed E-state index contributed by atoms with van der Waals surface area (Å²) >= 11 is 0. The first-order valence-electron chi connectivity index (χ1n) is 5.65. The second-order valence-electron chi connectivity index (χ2n) is 4.16. The lowest BCUT2D eigenvalue weighted by molar-refractivity contribution is -0.132. The van der Waals surface area contributed by atoms with Gasteiger partial charge in [-0.05, 0) is 31.5 Å². The van der Waals surface area contributed by atoms with Crippen molar-refractivity contribution in [2.75, 3.05) is 13.6 Å². The SMILES string of the molecule is CN(Cc1ccccn1)C(=O)[C@@H]1CCCN1. The molecule has 1 aliphatic rings. The molecule has 1 aliphatic heterocycles. The van der Waals surface area contributed by atoms with Gasteiger partial charge in [-0.2, -0.15) is 0 Å². The Balaban J connectivity index is 1.92. The van der Waals surface area contributed by atoms with Crippen LogP contribution < -0.4 is 5.32 Å². The number of amides is 1. The number of nitrogens with zero attached hydrogens (tertiary/aromatic N) is 2. The molecule has 2 rings (SSSR count). The lowest BCUT2D eigenvalue weighted by Gasteiger charge is -2.20. The molecule has 1 aromatic rings. The summed E-state index contributed by atoms with van der Waals surface area (Å²) in [7, 11) is 1.83. The van der Waals surface area contributed by atoms with Gasteiger partial charge in [-0.3, -0.25) is 9.78 Å². The molecule has 0 saturated carbocycles. The second-order valence-corrected chi connectivity index (χ2v) is 4.16. The number of aromatic nitrogens is 1. The maximum Gasteiger partial charge on any atom is 0.239 e. The molecule has 4 heteroatoms. The summed E-state index contributed by atoms with van der Waals surface area (Å²) in [5, 5.41) is 3.21. The molecule has 1 N–H and O–H groups in total. The van der Waals surface area contributed by atoms with Crippen LogP contribution in [0.1, 0.15) is 18.5 Å². The number of nitrogens with one attached hydrogen (secondary N) is 1. The number of hydrogen-bond donors (Lipinski definition) is 1. The van der Waals surface area contributed by atoms with Gasteiger partial charge in [0.05, 0.1) is 18.3 Å². The third-order valence-corrected chi connectivity index (χ3v) is 2.86. The maximum absolute atomic E-state index is 12.0. The second kappa shape index (κ2) is 5.07. The van der Waals surface area contributed by atoms with Gasteiger partial charge in [0.25, 0.3) is 0 Å². The predicted molar refractivity (Wildman–Crippen MR) is 61.7 cm³/mol. The highest BCUT2D eigenvalue weighted by atomic mass is 16.2. The molecule has 1 saturated heterocycles. The van der Waals surface area contributed by atoms with Crippen LogP contribution in [0.4, 0.5) is 0 Å². The molecule has 1 atom stereocenters. The molecule has 1 aromatic heterocycles. The molecular formula is C12H17N3O. The number of hydrogen-bond acceptors (Lipinski definition) is 3. The first-order valence-corrected chi connectivity index (χ1v) is 5.65. The minimum Gasteiger partial charge on any atom is -0.339 e. The number of likely N-dealkylation sites (N-methyl/N-ethyl adjacent to an activating group) is 1. The van der Waals surface area contributed by atoms with Gasteiger partial charge in [0.2, 0.25) is 5.91 Å². The lowest BCUT2D eigenvalue weighted by atomic mass is 10.2. The zero-order valence-corrected chi connectivity index (χ0v) is 9.52. The molecule has 86 valence electrons. The summed E-state index contributed by atoms with van der Waals surface area (Å²) in [6, 6.07) is 5.76. The lowest BCUT2D eigenvalue weighted by Crippen LogP contribution is -2.41. The molecule has 0 aromatic carbocycles. The number of carbonyl (C=O) groups excluding carboxylic acids is 1. The highest BCUT2D eigenvalue weighted by Gasteiger charge is 2.24. The predicted octanol–water partition coefficient (Wildman–Crippen LogP) is 0.792. The smallest absolute Gasteiger partial charge is 0.239 e. The van der Waals surface area contributed by atoms with Crippen molar-refractivity contribution in [1.29, 1.82) is 0 Å². The van der Waals surface area contributed by atoms with Crippen molar-refractivity contribution in [1.82, 2.24) is 15.2 Å². The van der Waals surface area contributed by atoms with Crippen molar-refractivity contribution in [3.8, 4) is 0 Å². The molecule has 2 heterocycles. The van der Waals surface area contributed by atoms with E-state index in [0.29, 0.717) is 6.54 Å². The van der Waals surface area contributed by atoms with Crippen LogP contribution in [0, 0.1) is 0 Å². The van der Waals surface area contributed by atoms with E-state index < -0.39 is 0 Å². The van der Waals surface area contributed by atoms with E-state index in [2.05, 4.69) is 10.3 Å². The van der Waals surface area contributed by atoms with Crippen LogP contribution >= 0.6 is 0 Å². The molecule has 1 amide bonds. The van der Waals surface area contributed by atoms with Crippen LogP contribution in [0.25, 0.3) is 0 Å². The Labute approximate surface area is 95.7 Å². The fourth-order valence-electron chi connectivity index (χ4n) is 1.97. The van der Waals surface area contributed by atoms with Crippen molar-refractivity contribution >= 4 is 5.91 Å². The monoisotopic (exact) mass is 219 g/mol. The van der Waals surface area contributed by atoms with Crippen LogP contribution in [0.2, 0.25) is 0 Å². The van der Waals surface area contributed by atoms with Gasteiger partial charge in [-0.25, -0.2) is 0 Å². The summed E-state index contributed by atoms with van der Waals surface area (Å²) in [5.74, 6) is 0.170. The van der Waals surface area contributed by atoms with Crippen LogP contribution in [0.5, 0.6) is 0 Å². The van der Waals surface area contributed by atoms with Crippen molar-refractivity contribution in [2.45, 2.75) is 25.4 Å². The zero-order chi connectivity index (χ0) is 11.4. The number of pyridine rings is 1. The summed E-state index contributed by atoms with van der Waals surface area (Å²) in [6.07, 6.45) is 3.79. The van der Waals surface area contributed by atoms with E-state index in [0.717, 1.165) is 25.1 Å². The molecule has 16 heavy (non-hydrogen) atoms. The van der Waals surface area contributed by atoms with E-state index >= 15 is 0 Å². The Bertz CT molecular complexity index is 347. The summed E-state index contributed by atoms with van der Waals surface area (Å²) < 4.78 is 0. The molecule has 0 spiro atoms. The first kappa shape index (κ1) is 11.1. The highest BCUT2D eigenvalue weighted by molar-refractivity contribution is 5.81. The Hall–Kier alpha value is -1.42. The number of carbonyl (C=O) groups is 1. The van der Waals surface area contributed by atoms with Gasteiger partial charge in [0, 0.05) is 13.2 Å². The summed E-state index contributed by atoms with van der Waals surface area (Å²) in [4.78, 5) is 17.9. The Kier molecular flexibility index (Phi) is 3.51. The van der Waals surface area contributed by atoms with Gasteiger partial charge < -0.3 is 10.2 Å². The highest BCUT2D eigenvalue weighted by Crippen LogP contribution is 2.09. The van der Waals surface area contributed by atoms with Crippen LogP contribution in [0.3, 0.4) is 0 Å². The average molecular weight is 219 g/mol. The molecule has 0 radical (unpaired) electrons. The van der Waals surface area contributed by atoms with E-state index in [4.69, 9.17) is 0 Å². The van der Waals surface area contributed by atoms with E-state index in [9.17, 15) is 4.79 Å². The number of rotatable bonds is 3. The summed E-state index contributed by atoms with van der Waals surface area (Å²) in [6.45, 7) is 1.53. The topological polar surface area (TPSA) is 45.2 Å². The fourth-order valence-corrected chi connectivity index (χ4v) is 1.97. The third kappa shape index (κ3) is 2.58. The van der Waals surface area contributed by atoms with E-state index in [1.165, 1.54) is 0 Å². The molecule has 1 fully saturated rings. The van der Waals surface area contributed by atoms with E-state index in [1.54, 1.807) is 11.1 Å². The third-order valence-electron chi connectivity index (χ3n) is 2.86. The molecule has 4 nitrogen and oxygen atoms in total.